The van der Waals surface area contributed by atoms with Crippen LogP contribution in [-0.2, 0) is 5.41 Å². The van der Waals surface area contributed by atoms with Crippen LogP contribution in [0.2, 0.25) is 0 Å². The van der Waals surface area contributed by atoms with Gasteiger partial charge in [0.05, 0.1) is 5.41 Å². The van der Waals surface area contributed by atoms with Gasteiger partial charge in [-0.2, -0.15) is 0 Å². The average Bonchev–Trinajstić information content (AvgIpc) is 3.14. The number of pyridine rings is 1. The van der Waals surface area contributed by atoms with E-state index < -0.39 is 0 Å². The Balaban J connectivity index is 1.92. The summed E-state index contributed by atoms with van der Waals surface area (Å²) in [5.74, 6) is 1.06. The third-order valence-corrected chi connectivity index (χ3v) is 4.58. The maximum atomic E-state index is 4.47. The lowest BCUT2D eigenvalue weighted by Crippen LogP contribution is -2.13. The van der Waals surface area contributed by atoms with Crippen molar-refractivity contribution in [1.29, 1.82) is 0 Å². The Labute approximate surface area is 125 Å². The fraction of sp³-hybridized carbons (Fsp3) is 0.250. The minimum Gasteiger partial charge on any atom is -0.285 e. The number of benzene rings is 1. The van der Waals surface area contributed by atoms with Crippen LogP contribution in [0.25, 0.3) is 5.65 Å². The minimum absolute atomic E-state index is 0.0478. The van der Waals surface area contributed by atoms with Gasteiger partial charge in [-0.25, -0.2) is 0 Å². The third-order valence-electron chi connectivity index (χ3n) is 4.11. The van der Waals surface area contributed by atoms with E-state index in [-0.39, 0.29) is 5.41 Å². The molecule has 0 amide bonds. The molecule has 0 saturated heterocycles. The zero-order chi connectivity index (χ0) is 13.7. The molecule has 1 fully saturated rings. The molecule has 0 atom stereocenters. The van der Waals surface area contributed by atoms with Crippen LogP contribution in [0.3, 0.4) is 0 Å². The molecule has 4 rings (SSSR count). The highest BCUT2D eigenvalue weighted by Crippen LogP contribution is 2.52. The maximum Gasteiger partial charge on any atom is 0.160 e. The van der Waals surface area contributed by atoms with Crippen molar-refractivity contribution in [3.63, 3.8) is 0 Å². The predicted octanol–water partition coefficient (Wildman–Crippen LogP) is 3.88. The number of rotatable bonds is 2. The summed E-state index contributed by atoms with van der Waals surface area (Å²) in [4.78, 5) is 0. The molecule has 1 aliphatic rings. The van der Waals surface area contributed by atoms with E-state index in [9.17, 15) is 0 Å². The summed E-state index contributed by atoms with van der Waals surface area (Å²) < 4.78 is 3.16. The van der Waals surface area contributed by atoms with Crippen LogP contribution in [0.5, 0.6) is 0 Å². The monoisotopic (exact) mass is 327 g/mol. The third kappa shape index (κ3) is 1.71. The topological polar surface area (TPSA) is 30.2 Å². The van der Waals surface area contributed by atoms with Crippen molar-refractivity contribution >= 4 is 21.6 Å². The van der Waals surface area contributed by atoms with Crippen LogP contribution in [0.15, 0.2) is 47.1 Å². The summed E-state index contributed by atoms with van der Waals surface area (Å²) in [5.41, 5.74) is 3.60. The molecule has 0 spiro atoms. The molecular weight excluding hydrogens is 314 g/mol. The Kier molecular flexibility index (Phi) is 2.51. The van der Waals surface area contributed by atoms with Gasteiger partial charge in [0.15, 0.2) is 5.65 Å². The van der Waals surface area contributed by atoms with Gasteiger partial charge in [0.1, 0.15) is 5.82 Å². The highest BCUT2D eigenvalue weighted by atomic mass is 79.9. The Morgan fingerprint density at radius 3 is 2.75 bits per heavy atom. The molecule has 1 aromatic carbocycles. The number of aromatic nitrogens is 3. The molecule has 4 heteroatoms. The second-order valence-corrected chi connectivity index (χ2v) is 6.47. The maximum absolute atomic E-state index is 4.47. The van der Waals surface area contributed by atoms with Crippen molar-refractivity contribution in [2.45, 2.75) is 25.2 Å². The van der Waals surface area contributed by atoms with Crippen LogP contribution in [0.4, 0.5) is 0 Å². The standard InChI is InChI=1S/C16H14BrN3/c1-11-3-2-4-12(9-11)16(7-8-16)15-19-18-14-6-5-13(17)10-20(14)15/h2-6,9-10H,7-8H2,1H3. The molecule has 1 aliphatic carbocycles. The van der Waals surface area contributed by atoms with Gasteiger partial charge in [0.2, 0.25) is 0 Å². The first-order valence-corrected chi connectivity index (χ1v) is 7.56. The SMILES string of the molecule is Cc1cccc(C2(c3nnc4ccc(Br)cn34)CC2)c1. The molecule has 0 unspecified atom stereocenters. The van der Waals surface area contributed by atoms with E-state index in [1.54, 1.807) is 0 Å². The molecular formula is C16H14BrN3. The molecule has 3 aromatic rings. The Morgan fingerprint density at radius 1 is 1.15 bits per heavy atom. The number of nitrogens with zero attached hydrogens (tertiary/aromatic N) is 3. The first kappa shape index (κ1) is 12.1. The molecule has 0 aliphatic heterocycles. The van der Waals surface area contributed by atoms with Crippen LogP contribution < -0.4 is 0 Å². The quantitative estimate of drug-likeness (QED) is 0.715. The highest BCUT2D eigenvalue weighted by Gasteiger charge is 2.49. The van der Waals surface area contributed by atoms with Crippen LogP contribution in [0.1, 0.15) is 29.8 Å². The number of halogens is 1. The van der Waals surface area contributed by atoms with Crippen LogP contribution in [0, 0.1) is 6.92 Å². The van der Waals surface area contributed by atoms with Gasteiger partial charge in [-0.15, -0.1) is 10.2 Å². The van der Waals surface area contributed by atoms with Gasteiger partial charge in [-0.05, 0) is 53.4 Å². The second-order valence-electron chi connectivity index (χ2n) is 5.55. The van der Waals surface area contributed by atoms with E-state index in [1.807, 2.05) is 12.1 Å². The van der Waals surface area contributed by atoms with Gasteiger partial charge in [0.25, 0.3) is 0 Å². The number of hydrogen-bond acceptors (Lipinski definition) is 2. The van der Waals surface area contributed by atoms with Crippen molar-refractivity contribution in [3.05, 3.63) is 64.0 Å². The Bertz CT molecular complexity index is 802. The highest BCUT2D eigenvalue weighted by molar-refractivity contribution is 9.10. The fourth-order valence-electron chi connectivity index (χ4n) is 2.90. The molecule has 0 radical (unpaired) electrons. The molecule has 20 heavy (non-hydrogen) atoms. The summed E-state index contributed by atoms with van der Waals surface area (Å²) >= 11 is 3.53. The molecule has 1 saturated carbocycles. The van der Waals surface area contributed by atoms with E-state index in [1.165, 1.54) is 11.1 Å². The molecule has 2 aromatic heterocycles. The van der Waals surface area contributed by atoms with Crippen molar-refractivity contribution in [2.24, 2.45) is 0 Å². The second kappa shape index (κ2) is 4.16. The fourth-order valence-corrected chi connectivity index (χ4v) is 3.24. The smallest absolute Gasteiger partial charge is 0.160 e. The number of fused-ring (bicyclic) bond motifs is 1. The van der Waals surface area contributed by atoms with Gasteiger partial charge >= 0.3 is 0 Å². The summed E-state index contributed by atoms with van der Waals surface area (Å²) in [5, 5.41) is 8.77. The Hall–Kier alpha value is -1.68. The number of aryl methyl sites for hydroxylation is 1. The van der Waals surface area contributed by atoms with E-state index in [2.05, 4.69) is 67.9 Å². The lowest BCUT2D eigenvalue weighted by Gasteiger charge is -2.14. The van der Waals surface area contributed by atoms with E-state index in [0.717, 1.165) is 28.8 Å². The first-order chi connectivity index (χ1) is 9.69. The predicted molar refractivity (Wildman–Crippen MR) is 81.9 cm³/mol. The van der Waals surface area contributed by atoms with E-state index in [0.29, 0.717) is 0 Å². The van der Waals surface area contributed by atoms with Gasteiger partial charge < -0.3 is 0 Å². The number of hydrogen-bond donors (Lipinski definition) is 0. The van der Waals surface area contributed by atoms with E-state index >= 15 is 0 Å². The van der Waals surface area contributed by atoms with Crippen molar-refractivity contribution in [2.75, 3.05) is 0 Å². The van der Waals surface area contributed by atoms with Crippen molar-refractivity contribution < 1.29 is 0 Å². The normalized spacial score (nSPS) is 16.5. The zero-order valence-corrected chi connectivity index (χ0v) is 12.8. The lowest BCUT2D eigenvalue weighted by atomic mass is 9.94. The molecule has 0 N–H and O–H groups in total. The van der Waals surface area contributed by atoms with E-state index in [4.69, 9.17) is 0 Å². The van der Waals surface area contributed by atoms with Gasteiger partial charge in [-0.1, -0.05) is 29.8 Å². The van der Waals surface area contributed by atoms with Gasteiger partial charge in [-0.3, -0.25) is 4.40 Å². The van der Waals surface area contributed by atoms with Crippen molar-refractivity contribution in [1.82, 2.24) is 14.6 Å². The minimum atomic E-state index is 0.0478. The summed E-state index contributed by atoms with van der Waals surface area (Å²) in [7, 11) is 0. The molecule has 2 heterocycles. The largest absolute Gasteiger partial charge is 0.285 e. The molecule has 3 nitrogen and oxygen atoms in total. The first-order valence-electron chi connectivity index (χ1n) is 6.77. The van der Waals surface area contributed by atoms with Crippen molar-refractivity contribution in [3.8, 4) is 0 Å². The van der Waals surface area contributed by atoms with Crippen LogP contribution in [-0.4, -0.2) is 14.6 Å². The van der Waals surface area contributed by atoms with Crippen LogP contribution >= 0.6 is 15.9 Å². The lowest BCUT2D eigenvalue weighted by molar-refractivity contribution is 0.738. The molecule has 100 valence electrons. The Morgan fingerprint density at radius 2 is 2.00 bits per heavy atom. The average molecular weight is 328 g/mol. The molecule has 0 bridgehead atoms. The summed E-state index contributed by atoms with van der Waals surface area (Å²) in [6.45, 7) is 2.14. The summed E-state index contributed by atoms with van der Waals surface area (Å²) in [6, 6.07) is 12.7. The summed E-state index contributed by atoms with van der Waals surface area (Å²) in [6.07, 6.45) is 4.34. The van der Waals surface area contributed by atoms with Gasteiger partial charge in [0, 0.05) is 10.7 Å². The zero-order valence-electron chi connectivity index (χ0n) is 11.2.